The zero-order chi connectivity index (χ0) is 13.7. The molecule has 108 valence electrons. The molecule has 1 aliphatic rings. The Balaban J connectivity index is 2.15. The summed E-state index contributed by atoms with van der Waals surface area (Å²) in [4.78, 5) is 1.52. The van der Waals surface area contributed by atoms with Gasteiger partial charge in [0.2, 0.25) is 0 Å². The van der Waals surface area contributed by atoms with Crippen LogP contribution in [0.15, 0.2) is 15.9 Å². The van der Waals surface area contributed by atoms with Gasteiger partial charge in [0.15, 0.2) is 0 Å². The number of hydrogen-bond donors (Lipinski definition) is 1. The molecular weight excluding hydrogens is 318 g/mol. The highest BCUT2D eigenvalue weighted by Gasteiger charge is 2.32. The van der Waals surface area contributed by atoms with Crippen LogP contribution < -0.4 is 5.32 Å². The lowest BCUT2D eigenvalue weighted by molar-refractivity contribution is 0.177. The summed E-state index contributed by atoms with van der Waals surface area (Å²) in [6.45, 7) is 5.75. The van der Waals surface area contributed by atoms with Gasteiger partial charge in [-0.15, -0.1) is 11.3 Å². The molecule has 1 nitrogen and oxygen atoms in total. The smallest absolute Gasteiger partial charge is 0.0446 e. The fourth-order valence-electron chi connectivity index (χ4n) is 3.44. The normalized spacial score (nSPS) is 25.4. The third kappa shape index (κ3) is 4.05. The van der Waals surface area contributed by atoms with Crippen molar-refractivity contribution in [3.8, 4) is 0 Å². The average molecular weight is 344 g/mol. The Morgan fingerprint density at radius 2 is 2.16 bits per heavy atom. The topological polar surface area (TPSA) is 12.0 Å². The van der Waals surface area contributed by atoms with Crippen LogP contribution in [0.5, 0.6) is 0 Å². The maximum atomic E-state index is 3.82. The Hall–Kier alpha value is 0.140. The van der Waals surface area contributed by atoms with Crippen LogP contribution in [0.25, 0.3) is 0 Å². The first-order valence-corrected chi connectivity index (χ1v) is 9.40. The predicted molar refractivity (Wildman–Crippen MR) is 88.8 cm³/mol. The monoisotopic (exact) mass is 343 g/mol. The van der Waals surface area contributed by atoms with Crippen LogP contribution in [0.1, 0.15) is 63.3 Å². The van der Waals surface area contributed by atoms with E-state index in [2.05, 4.69) is 46.5 Å². The molecule has 0 radical (unpaired) electrons. The van der Waals surface area contributed by atoms with Crippen LogP contribution in [0, 0.1) is 11.8 Å². The van der Waals surface area contributed by atoms with E-state index in [1.54, 1.807) is 0 Å². The number of thiophene rings is 1. The van der Waals surface area contributed by atoms with Crippen molar-refractivity contribution in [2.75, 3.05) is 6.54 Å². The van der Waals surface area contributed by atoms with Gasteiger partial charge in [-0.05, 0) is 53.2 Å². The van der Waals surface area contributed by atoms with E-state index in [1.807, 2.05) is 11.3 Å². The van der Waals surface area contributed by atoms with E-state index in [4.69, 9.17) is 0 Å². The van der Waals surface area contributed by atoms with Gasteiger partial charge in [0, 0.05) is 20.8 Å². The van der Waals surface area contributed by atoms with Crippen LogP contribution in [0.4, 0.5) is 0 Å². The molecule has 1 aliphatic carbocycles. The minimum atomic E-state index is 0.571. The SMILES string of the molecule is CCCNC(c1cc(Br)cs1)C1CCCCC1CC. The number of hydrogen-bond acceptors (Lipinski definition) is 2. The first-order valence-electron chi connectivity index (χ1n) is 7.73. The number of halogens is 1. The average Bonchev–Trinajstić information content (AvgIpc) is 2.86. The third-order valence-corrected chi connectivity index (χ3v) is 6.21. The highest BCUT2D eigenvalue weighted by molar-refractivity contribution is 9.10. The molecule has 0 bridgehead atoms. The Morgan fingerprint density at radius 1 is 1.37 bits per heavy atom. The fourth-order valence-corrected chi connectivity index (χ4v) is 5.03. The minimum absolute atomic E-state index is 0.571. The molecule has 3 heteroatoms. The highest BCUT2D eigenvalue weighted by atomic mass is 79.9. The molecule has 0 amide bonds. The van der Waals surface area contributed by atoms with Gasteiger partial charge in [-0.3, -0.25) is 0 Å². The van der Waals surface area contributed by atoms with Crippen molar-refractivity contribution >= 4 is 27.3 Å². The summed E-state index contributed by atoms with van der Waals surface area (Å²) in [5.74, 6) is 1.74. The van der Waals surface area contributed by atoms with Crippen molar-refractivity contribution in [2.45, 2.75) is 58.4 Å². The van der Waals surface area contributed by atoms with Gasteiger partial charge in [0.1, 0.15) is 0 Å². The van der Waals surface area contributed by atoms with Crippen molar-refractivity contribution < 1.29 is 0 Å². The Morgan fingerprint density at radius 3 is 2.79 bits per heavy atom. The zero-order valence-corrected chi connectivity index (χ0v) is 14.5. The number of rotatable bonds is 6. The quantitative estimate of drug-likeness (QED) is 0.691. The molecule has 3 atom stereocenters. The first kappa shape index (κ1) is 15.5. The summed E-state index contributed by atoms with van der Waals surface area (Å²) in [6.07, 6.45) is 8.23. The van der Waals surface area contributed by atoms with Crippen molar-refractivity contribution in [3.63, 3.8) is 0 Å². The van der Waals surface area contributed by atoms with Crippen LogP contribution >= 0.6 is 27.3 Å². The summed E-state index contributed by atoms with van der Waals surface area (Å²) >= 11 is 5.51. The Bertz CT molecular complexity index is 377. The minimum Gasteiger partial charge on any atom is -0.309 e. The Labute approximate surface area is 130 Å². The molecule has 0 aromatic carbocycles. The van der Waals surface area contributed by atoms with Gasteiger partial charge < -0.3 is 5.32 Å². The van der Waals surface area contributed by atoms with Crippen molar-refractivity contribution in [1.82, 2.24) is 5.32 Å². The molecule has 3 unspecified atom stereocenters. The summed E-state index contributed by atoms with van der Waals surface area (Å²) < 4.78 is 1.24. The van der Waals surface area contributed by atoms with Crippen LogP contribution in [-0.2, 0) is 0 Å². The Kier molecular flexibility index (Phi) is 6.37. The second kappa shape index (κ2) is 7.80. The largest absolute Gasteiger partial charge is 0.309 e. The van der Waals surface area contributed by atoms with Crippen LogP contribution in [0.3, 0.4) is 0 Å². The molecule has 19 heavy (non-hydrogen) atoms. The van der Waals surface area contributed by atoms with Crippen molar-refractivity contribution in [2.24, 2.45) is 11.8 Å². The van der Waals surface area contributed by atoms with E-state index in [0.29, 0.717) is 6.04 Å². The standard InChI is InChI=1S/C16H26BrNS/c1-3-9-18-16(15-10-13(17)11-19-15)14-8-6-5-7-12(14)4-2/h10-12,14,16,18H,3-9H2,1-2H3. The van der Waals surface area contributed by atoms with Gasteiger partial charge in [-0.1, -0.05) is 39.5 Å². The molecule has 2 rings (SSSR count). The second-order valence-electron chi connectivity index (χ2n) is 5.72. The van der Waals surface area contributed by atoms with Gasteiger partial charge in [-0.25, -0.2) is 0 Å². The molecule has 0 spiro atoms. The summed E-state index contributed by atoms with van der Waals surface area (Å²) in [6, 6.07) is 2.89. The molecule has 1 saturated carbocycles. The third-order valence-electron chi connectivity index (χ3n) is 4.43. The van der Waals surface area contributed by atoms with E-state index in [9.17, 15) is 0 Å². The van der Waals surface area contributed by atoms with Crippen LogP contribution in [-0.4, -0.2) is 6.54 Å². The van der Waals surface area contributed by atoms with E-state index >= 15 is 0 Å². The van der Waals surface area contributed by atoms with Gasteiger partial charge in [0.05, 0.1) is 0 Å². The molecular formula is C16H26BrNS. The van der Waals surface area contributed by atoms with E-state index in [1.165, 1.54) is 47.9 Å². The van der Waals surface area contributed by atoms with E-state index < -0.39 is 0 Å². The molecule has 1 aromatic heterocycles. The summed E-state index contributed by atoms with van der Waals surface area (Å²) in [7, 11) is 0. The second-order valence-corrected chi connectivity index (χ2v) is 7.57. The lowest BCUT2D eigenvalue weighted by Crippen LogP contribution is -2.34. The number of nitrogens with one attached hydrogen (secondary N) is 1. The van der Waals surface area contributed by atoms with Crippen LogP contribution in [0.2, 0.25) is 0 Å². The zero-order valence-electron chi connectivity index (χ0n) is 12.1. The molecule has 0 aliphatic heterocycles. The van der Waals surface area contributed by atoms with Crippen molar-refractivity contribution in [1.29, 1.82) is 0 Å². The first-order chi connectivity index (χ1) is 9.26. The molecule has 1 heterocycles. The summed E-state index contributed by atoms with van der Waals surface area (Å²) in [5.41, 5.74) is 0. The highest BCUT2D eigenvalue weighted by Crippen LogP contribution is 2.42. The maximum Gasteiger partial charge on any atom is 0.0446 e. The van der Waals surface area contributed by atoms with E-state index in [0.717, 1.165) is 18.4 Å². The predicted octanol–water partition coefficient (Wildman–Crippen LogP) is 5.77. The maximum absolute atomic E-state index is 3.82. The lowest BCUT2D eigenvalue weighted by Gasteiger charge is -2.37. The fraction of sp³-hybridized carbons (Fsp3) is 0.750. The summed E-state index contributed by atoms with van der Waals surface area (Å²) in [5, 5.41) is 6.04. The molecule has 1 fully saturated rings. The van der Waals surface area contributed by atoms with Gasteiger partial charge in [0.25, 0.3) is 0 Å². The van der Waals surface area contributed by atoms with E-state index in [-0.39, 0.29) is 0 Å². The van der Waals surface area contributed by atoms with Gasteiger partial charge >= 0.3 is 0 Å². The van der Waals surface area contributed by atoms with Gasteiger partial charge in [-0.2, -0.15) is 0 Å². The van der Waals surface area contributed by atoms with Crippen molar-refractivity contribution in [3.05, 3.63) is 20.8 Å². The molecule has 1 N–H and O–H groups in total. The lowest BCUT2D eigenvalue weighted by atomic mass is 9.73. The molecule has 0 saturated heterocycles. The molecule has 1 aromatic rings.